The molecule has 3 heteroatoms. The Labute approximate surface area is 114 Å². The molecule has 1 aliphatic carbocycles. The Bertz CT molecular complexity index is 359. The first kappa shape index (κ1) is 12.6. The molecule has 100 valence electrons. The van der Waals surface area contributed by atoms with E-state index in [1.165, 1.54) is 43.6 Å². The van der Waals surface area contributed by atoms with Crippen molar-refractivity contribution in [1.29, 1.82) is 0 Å². The highest BCUT2D eigenvalue weighted by Gasteiger charge is 2.32. The third kappa shape index (κ3) is 3.14. The summed E-state index contributed by atoms with van der Waals surface area (Å²) in [5.41, 5.74) is 0. The average Bonchev–Trinajstić information content (AvgIpc) is 3.10. The minimum Gasteiger partial charge on any atom is -0.312 e. The zero-order valence-electron chi connectivity index (χ0n) is 11.3. The molecule has 0 bridgehead atoms. The molecule has 2 aliphatic rings. The fraction of sp³-hybridized carbons (Fsp3) is 0.733. The number of hydrogen-bond acceptors (Lipinski definition) is 3. The van der Waals surface area contributed by atoms with Crippen LogP contribution in [0.15, 0.2) is 17.5 Å². The van der Waals surface area contributed by atoms with Gasteiger partial charge < -0.3 is 5.32 Å². The average molecular weight is 264 g/mol. The molecule has 0 radical (unpaired) electrons. The molecular weight excluding hydrogens is 240 g/mol. The van der Waals surface area contributed by atoms with Crippen LogP contribution < -0.4 is 5.32 Å². The van der Waals surface area contributed by atoms with Crippen molar-refractivity contribution < 1.29 is 0 Å². The van der Waals surface area contributed by atoms with E-state index < -0.39 is 0 Å². The van der Waals surface area contributed by atoms with Gasteiger partial charge in [-0.2, -0.15) is 0 Å². The van der Waals surface area contributed by atoms with Crippen molar-refractivity contribution in [1.82, 2.24) is 10.2 Å². The first-order valence-electron chi connectivity index (χ1n) is 7.33. The second-order valence-electron chi connectivity index (χ2n) is 5.92. The van der Waals surface area contributed by atoms with E-state index >= 15 is 0 Å². The second-order valence-corrected chi connectivity index (χ2v) is 6.95. The minimum atomic E-state index is 0.708. The highest BCUT2D eigenvalue weighted by Crippen LogP contribution is 2.30. The maximum absolute atomic E-state index is 3.72. The van der Waals surface area contributed by atoms with Crippen LogP contribution in [0.2, 0.25) is 0 Å². The van der Waals surface area contributed by atoms with Crippen molar-refractivity contribution in [2.24, 2.45) is 5.92 Å². The lowest BCUT2D eigenvalue weighted by molar-refractivity contribution is 0.179. The van der Waals surface area contributed by atoms with E-state index in [-0.39, 0.29) is 0 Å². The molecule has 0 aromatic carbocycles. The van der Waals surface area contributed by atoms with E-state index in [1.807, 2.05) is 11.3 Å². The van der Waals surface area contributed by atoms with Crippen LogP contribution in [0, 0.1) is 5.92 Å². The maximum atomic E-state index is 3.72. The molecule has 2 heterocycles. The van der Waals surface area contributed by atoms with Crippen LogP contribution in [0.3, 0.4) is 0 Å². The van der Waals surface area contributed by atoms with Crippen LogP contribution in [-0.4, -0.2) is 30.1 Å². The first-order valence-corrected chi connectivity index (χ1v) is 8.20. The Morgan fingerprint density at radius 3 is 2.94 bits per heavy atom. The Morgan fingerprint density at radius 1 is 1.39 bits per heavy atom. The van der Waals surface area contributed by atoms with Gasteiger partial charge >= 0.3 is 0 Å². The summed E-state index contributed by atoms with van der Waals surface area (Å²) in [7, 11) is 0. The molecule has 1 saturated heterocycles. The van der Waals surface area contributed by atoms with Crippen molar-refractivity contribution >= 4 is 11.3 Å². The summed E-state index contributed by atoms with van der Waals surface area (Å²) in [6.45, 7) is 6.02. The van der Waals surface area contributed by atoms with E-state index in [0.717, 1.165) is 18.5 Å². The van der Waals surface area contributed by atoms with Crippen molar-refractivity contribution in [3.63, 3.8) is 0 Å². The molecule has 1 aliphatic heterocycles. The van der Waals surface area contributed by atoms with Gasteiger partial charge in [0.05, 0.1) is 0 Å². The van der Waals surface area contributed by atoms with Gasteiger partial charge in [0, 0.05) is 30.1 Å². The van der Waals surface area contributed by atoms with Crippen molar-refractivity contribution in [3.8, 4) is 0 Å². The van der Waals surface area contributed by atoms with E-state index in [4.69, 9.17) is 0 Å². The van der Waals surface area contributed by atoms with Crippen molar-refractivity contribution in [3.05, 3.63) is 22.4 Å². The summed E-state index contributed by atoms with van der Waals surface area (Å²) >= 11 is 1.90. The Hall–Kier alpha value is -0.380. The van der Waals surface area contributed by atoms with Crippen LogP contribution in [0.5, 0.6) is 0 Å². The molecule has 2 atom stereocenters. The fourth-order valence-corrected chi connectivity index (χ4v) is 3.73. The number of nitrogens with one attached hydrogen (secondary N) is 1. The highest BCUT2D eigenvalue weighted by molar-refractivity contribution is 7.09. The molecule has 1 aromatic heterocycles. The van der Waals surface area contributed by atoms with Gasteiger partial charge in [0.2, 0.25) is 0 Å². The SMILES string of the molecule is CC1CCCNC1CN(Cc1cccs1)C1CC1. The van der Waals surface area contributed by atoms with E-state index in [2.05, 4.69) is 34.7 Å². The summed E-state index contributed by atoms with van der Waals surface area (Å²) in [4.78, 5) is 4.23. The summed E-state index contributed by atoms with van der Waals surface area (Å²) in [6.07, 6.45) is 5.57. The van der Waals surface area contributed by atoms with Gasteiger partial charge in [-0.1, -0.05) is 13.0 Å². The van der Waals surface area contributed by atoms with Gasteiger partial charge in [0.25, 0.3) is 0 Å². The van der Waals surface area contributed by atoms with Gasteiger partial charge in [-0.15, -0.1) is 11.3 Å². The standard InChI is InChI=1S/C15H24N2S/c1-12-4-2-8-16-15(12)11-17(13-6-7-13)10-14-5-3-9-18-14/h3,5,9,12-13,15-16H,2,4,6-8,10-11H2,1H3. The number of hydrogen-bond donors (Lipinski definition) is 1. The summed E-state index contributed by atoms with van der Waals surface area (Å²) in [5, 5.41) is 5.92. The second kappa shape index (κ2) is 5.72. The molecule has 18 heavy (non-hydrogen) atoms. The quantitative estimate of drug-likeness (QED) is 0.879. The molecule has 2 fully saturated rings. The lowest BCUT2D eigenvalue weighted by atomic mass is 9.92. The van der Waals surface area contributed by atoms with Crippen LogP contribution in [0.1, 0.15) is 37.5 Å². The zero-order chi connectivity index (χ0) is 12.4. The number of rotatable bonds is 5. The molecule has 3 rings (SSSR count). The molecular formula is C15H24N2S. The van der Waals surface area contributed by atoms with Gasteiger partial charge in [-0.05, 0) is 49.6 Å². The normalized spacial score (nSPS) is 28.8. The van der Waals surface area contributed by atoms with Crippen LogP contribution in [0.25, 0.3) is 0 Å². The smallest absolute Gasteiger partial charge is 0.0331 e. The Kier molecular flexibility index (Phi) is 4.02. The van der Waals surface area contributed by atoms with Crippen LogP contribution >= 0.6 is 11.3 Å². The van der Waals surface area contributed by atoms with Gasteiger partial charge in [-0.25, -0.2) is 0 Å². The summed E-state index contributed by atoms with van der Waals surface area (Å²) < 4.78 is 0. The lowest BCUT2D eigenvalue weighted by Crippen LogP contribution is -2.48. The lowest BCUT2D eigenvalue weighted by Gasteiger charge is -2.34. The molecule has 1 aromatic rings. The largest absolute Gasteiger partial charge is 0.312 e. The summed E-state index contributed by atoms with van der Waals surface area (Å²) in [6, 6.07) is 6.02. The monoisotopic (exact) mass is 264 g/mol. The molecule has 0 spiro atoms. The van der Waals surface area contributed by atoms with Crippen molar-refractivity contribution in [2.75, 3.05) is 13.1 Å². The predicted octanol–water partition coefficient (Wildman–Crippen LogP) is 3.10. The summed E-state index contributed by atoms with van der Waals surface area (Å²) in [5.74, 6) is 0.836. The molecule has 1 saturated carbocycles. The Morgan fingerprint density at radius 2 is 2.28 bits per heavy atom. The predicted molar refractivity (Wildman–Crippen MR) is 77.9 cm³/mol. The first-order chi connectivity index (χ1) is 8.83. The third-order valence-corrected chi connectivity index (χ3v) is 5.22. The molecule has 2 nitrogen and oxygen atoms in total. The molecule has 1 N–H and O–H groups in total. The molecule has 0 amide bonds. The van der Waals surface area contributed by atoms with Gasteiger partial charge in [-0.3, -0.25) is 4.90 Å². The van der Waals surface area contributed by atoms with Crippen LogP contribution in [-0.2, 0) is 6.54 Å². The van der Waals surface area contributed by atoms with Crippen LogP contribution in [0.4, 0.5) is 0 Å². The van der Waals surface area contributed by atoms with Crippen molar-refractivity contribution in [2.45, 2.75) is 51.2 Å². The number of nitrogens with zero attached hydrogens (tertiary/aromatic N) is 1. The minimum absolute atomic E-state index is 0.708. The highest BCUT2D eigenvalue weighted by atomic mass is 32.1. The topological polar surface area (TPSA) is 15.3 Å². The zero-order valence-corrected chi connectivity index (χ0v) is 12.1. The van der Waals surface area contributed by atoms with Gasteiger partial charge in [0.1, 0.15) is 0 Å². The van der Waals surface area contributed by atoms with Gasteiger partial charge in [0.15, 0.2) is 0 Å². The van der Waals surface area contributed by atoms with E-state index in [9.17, 15) is 0 Å². The third-order valence-electron chi connectivity index (χ3n) is 4.36. The number of thiophene rings is 1. The van der Waals surface area contributed by atoms with E-state index in [0.29, 0.717) is 6.04 Å². The van der Waals surface area contributed by atoms with E-state index in [1.54, 1.807) is 0 Å². The number of piperidine rings is 1. The fourth-order valence-electron chi connectivity index (χ4n) is 3.00. The Balaban J connectivity index is 1.59. The maximum Gasteiger partial charge on any atom is 0.0331 e. The molecule has 2 unspecified atom stereocenters.